The lowest BCUT2D eigenvalue weighted by atomic mass is 10.1. The molecule has 0 spiro atoms. The molecule has 0 radical (unpaired) electrons. The molecule has 1 amide bonds. The Labute approximate surface area is 147 Å². The van der Waals surface area contributed by atoms with Crippen molar-refractivity contribution >= 4 is 17.7 Å². The minimum absolute atomic E-state index is 0.0309. The van der Waals surface area contributed by atoms with Gasteiger partial charge in [0.15, 0.2) is 0 Å². The van der Waals surface area contributed by atoms with Gasteiger partial charge in [-0.05, 0) is 29.8 Å². The molecule has 4 nitrogen and oxygen atoms in total. The highest BCUT2D eigenvalue weighted by molar-refractivity contribution is 7.99. The van der Waals surface area contributed by atoms with Crippen molar-refractivity contribution in [1.82, 2.24) is 5.32 Å². The molecule has 0 fully saturated rings. The predicted molar refractivity (Wildman–Crippen MR) is 97.5 cm³/mol. The molecular formula is C19H23NO3S. The first-order valence-electron chi connectivity index (χ1n) is 7.84. The number of carbonyl (C=O) groups is 1. The molecule has 2 rings (SSSR count). The predicted octanol–water partition coefficient (Wildman–Crippen LogP) is 3.68. The Balaban J connectivity index is 1.76. The maximum absolute atomic E-state index is 12.0. The molecule has 0 aliphatic carbocycles. The van der Waals surface area contributed by atoms with Crippen LogP contribution in [0, 0.1) is 0 Å². The summed E-state index contributed by atoms with van der Waals surface area (Å²) in [6.45, 7) is 0.443. The van der Waals surface area contributed by atoms with E-state index in [4.69, 9.17) is 9.47 Å². The molecule has 1 atom stereocenters. The van der Waals surface area contributed by atoms with E-state index in [0.717, 1.165) is 17.1 Å². The van der Waals surface area contributed by atoms with Crippen LogP contribution in [0.3, 0.4) is 0 Å². The van der Waals surface area contributed by atoms with Gasteiger partial charge in [0.05, 0.1) is 13.2 Å². The lowest BCUT2D eigenvalue weighted by molar-refractivity contribution is -0.121. The first-order chi connectivity index (χ1) is 11.7. The standard InChI is InChI=1S/C19H23NO3S/c1-22-16-8-6-7-15(13-16)18(23-2)14-20-19(21)11-12-24-17-9-4-3-5-10-17/h3-10,13,18H,11-12,14H2,1-2H3,(H,20,21). The van der Waals surface area contributed by atoms with E-state index in [9.17, 15) is 4.79 Å². The van der Waals surface area contributed by atoms with Crippen LogP contribution in [-0.2, 0) is 9.53 Å². The van der Waals surface area contributed by atoms with E-state index in [1.807, 2.05) is 54.6 Å². The summed E-state index contributed by atoms with van der Waals surface area (Å²) in [5.41, 5.74) is 0.982. The number of nitrogens with one attached hydrogen (secondary N) is 1. The van der Waals surface area contributed by atoms with E-state index in [1.54, 1.807) is 26.0 Å². The van der Waals surface area contributed by atoms with Crippen molar-refractivity contribution < 1.29 is 14.3 Å². The van der Waals surface area contributed by atoms with E-state index in [1.165, 1.54) is 4.90 Å². The summed E-state index contributed by atoms with van der Waals surface area (Å²) >= 11 is 1.68. The van der Waals surface area contributed by atoms with Crippen LogP contribution in [0.5, 0.6) is 5.75 Å². The SMILES string of the molecule is COc1cccc(C(CNC(=O)CCSc2ccccc2)OC)c1. The first-order valence-corrected chi connectivity index (χ1v) is 8.82. The van der Waals surface area contributed by atoms with Crippen LogP contribution in [0.25, 0.3) is 0 Å². The number of amides is 1. The monoisotopic (exact) mass is 345 g/mol. The second kappa shape index (κ2) is 10.0. The Morgan fingerprint density at radius 2 is 1.92 bits per heavy atom. The normalized spacial score (nSPS) is 11.8. The zero-order valence-electron chi connectivity index (χ0n) is 14.0. The first kappa shape index (κ1) is 18.4. The average molecular weight is 345 g/mol. The molecule has 0 saturated carbocycles. The van der Waals surface area contributed by atoms with Crippen LogP contribution >= 0.6 is 11.8 Å². The Morgan fingerprint density at radius 3 is 2.62 bits per heavy atom. The maximum Gasteiger partial charge on any atom is 0.220 e. The quantitative estimate of drug-likeness (QED) is 0.704. The summed E-state index contributed by atoms with van der Waals surface area (Å²) in [6.07, 6.45) is 0.291. The number of carbonyl (C=O) groups excluding carboxylic acids is 1. The van der Waals surface area contributed by atoms with Crippen LogP contribution in [0.2, 0.25) is 0 Å². The maximum atomic E-state index is 12.0. The summed E-state index contributed by atoms with van der Waals surface area (Å²) in [5.74, 6) is 1.57. The zero-order chi connectivity index (χ0) is 17.2. The fourth-order valence-electron chi connectivity index (χ4n) is 2.25. The van der Waals surface area contributed by atoms with E-state index >= 15 is 0 Å². The van der Waals surface area contributed by atoms with Gasteiger partial charge < -0.3 is 14.8 Å². The van der Waals surface area contributed by atoms with Crippen molar-refractivity contribution in [2.24, 2.45) is 0 Å². The Kier molecular flexibility index (Phi) is 7.65. The summed E-state index contributed by atoms with van der Waals surface area (Å²) in [4.78, 5) is 13.2. The van der Waals surface area contributed by atoms with Crippen molar-refractivity contribution in [1.29, 1.82) is 0 Å². The minimum atomic E-state index is -0.189. The molecule has 5 heteroatoms. The highest BCUT2D eigenvalue weighted by Gasteiger charge is 2.13. The molecule has 0 aliphatic heterocycles. The minimum Gasteiger partial charge on any atom is -0.497 e. The molecule has 2 aromatic carbocycles. The van der Waals surface area contributed by atoms with Crippen LogP contribution in [0.1, 0.15) is 18.1 Å². The summed E-state index contributed by atoms with van der Waals surface area (Å²) in [5, 5.41) is 2.94. The lowest BCUT2D eigenvalue weighted by Gasteiger charge is -2.17. The highest BCUT2D eigenvalue weighted by atomic mass is 32.2. The molecule has 0 bridgehead atoms. The van der Waals surface area contributed by atoms with E-state index in [2.05, 4.69) is 5.32 Å². The van der Waals surface area contributed by atoms with Gasteiger partial charge in [-0.1, -0.05) is 30.3 Å². The summed E-state index contributed by atoms with van der Waals surface area (Å²) in [7, 11) is 3.27. The number of thioether (sulfide) groups is 1. The van der Waals surface area contributed by atoms with E-state index in [0.29, 0.717) is 13.0 Å². The smallest absolute Gasteiger partial charge is 0.220 e. The largest absolute Gasteiger partial charge is 0.497 e. The number of rotatable bonds is 9. The van der Waals surface area contributed by atoms with E-state index < -0.39 is 0 Å². The number of methoxy groups -OCH3 is 2. The molecule has 128 valence electrons. The zero-order valence-corrected chi connectivity index (χ0v) is 14.8. The second-order valence-electron chi connectivity index (χ2n) is 5.22. The third-order valence-electron chi connectivity index (χ3n) is 3.58. The van der Waals surface area contributed by atoms with E-state index in [-0.39, 0.29) is 12.0 Å². The highest BCUT2D eigenvalue weighted by Crippen LogP contribution is 2.21. The second-order valence-corrected chi connectivity index (χ2v) is 6.38. The van der Waals surface area contributed by atoms with Gasteiger partial charge in [0.1, 0.15) is 5.75 Å². The van der Waals surface area contributed by atoms with Crippen molar-refractivity contribution in [3.05, 3.63) is 60.2 Å². The van der Waals surface area contributed by atoms with Crippen molar-refractivity contribution in [3.63, 3.8) is 0 Å². The van der Waals surface area contributed by atoms with Crippen molar-refractivity contribution in [2.45, 2.75) is 17.4 Å². The van der Waals surface area contributed by atoms with Gasteiger partial charge in [-0.3, -0.25) is 4.79 Å². The van der Waals surface area contributed by atoms with Crippen LogP contribution in [-0.4, -0.2) is 32.4 Å². The topological polar surface area (TPSA) is 47.6 Å². The van der Waals surface area contributed by atoms with Crippen molar-refractivity contribution in [2.75, 3.05) is 26.5 Å². The fourth-order valence-corrected chi connectivity index (χ4v) is 3.13. The van der Waals surface area contributed by atoms with Gasteiger partial charge in [-0.15, -0.1) is 11.8 Å². The van der Waals surface area contributed by atoms with Crippen LogP contribution in [0.15, 0.2) is 59.5 Å². The van der Waals surface area contributed by atoms with Gasteiger partial charge in [0, 0.05) is 30.7 Å². The van der Waals surface area contributed by atoms with Crippen LogP contribution in [0.4, 0.5) is 0 Å². The van der Waals surface area contributed by atoms with Gasteiger partial charge in [-0.25, -0.2) is 0 Å². The van der Waals surface area contributed by atoms with Gasteiger partial charge in [-0.2, -0.15) is 0 Å². The third kappa shape index (κ3) is 5.91. The Morgan fingerprint density at radius 1 is 1.12 bits per heavy atom. The number of hydrogen-bond acceptors (Lipinski definition) is 4. The summed E-state index contributed by atoms with van der Waals surface area (Å²) < 4.78 is 10.7. The molecular weight excluding hydrogens is 322 g/mol. The summed E-state index contributed by atoms with van der Waals surface area (Å²) in [6, 6.07) is 17.8. The Hall–Kier alpha value is -1.98. The average Bonchev–Trinajstić information content (AvgIpc) is 2.63. The molecule has 2 aromatic rings. The van der Waals surface area contributed by atoms with Gasteiger partial charge in [0.2, 0.25) is 5.91 Å². The Bertz CT molecular complexity index is 634. The molecule has 0 aromatic heterocycles. The number of ether oxygens (including phenoxy) is 2. The molecule has 0 heterocycles. The number of benzene rings is 2. The molecule has 0 aliphatic rings. The third-order valence-corrected chi connectivity index (χ3v) is 4.59. The fraction of sp³-hybridized carbons (Fsp3) is 0.316. The van der Waals surface area contributed by atoms with Gasteiger partial charge in [0.25, 0.3) is 0 Å². The molecule has 1 N–H and O–H groups in total. The lowest BCUT2D eigenvalue weighted by Crippen LogP contribution is -2.29. The van der Waals surface area contributed by atoms with Crippen LogP contribution < -0.4 is 10.1 Å². The van der Waals surface area contributed by atoms with Crippen molar-refractivity contribution in [3.8, 4) is 5.75 Å². The number of hydrogen-bond donors (Lipinski definition) is 1. The molecule has 1 unspecified atom stereocenters. The van der Waals surface area contributed by atoms with Gasteiger partial charge >= 0.3 is 0 Å². The molecule has 0 saturated heterocycles. The molecule has 24 heavy (non-hydrogen) atoms.